The second kappa shape index (κ2) is 27.3. The van der Waals surface area contributed by atoms with Gasteiger partial charge in [0.1, 0.15) is 0 Å². The summed E-state index contributed by atoms with van der Waals surface area (Å²) in [5.74, 6) is 0. The highest BCUT2D eigenvalue weighted by atomic mass is 28.4. The van der Waals surface area contributed by atoms with Crippen molar-refractivity contribution in [2.75, 3.05) is 34.5 Å². The molecule has 7 heteroatoms. The van der Waals surface area contributed by atoms with Gasteiger partial charge in [-0.3, -0.25) is 0 Å². The van der Waals surface area contributed by atoms with Gasteiger partial charge in [0, 0.05) is 40.6 Å². The van der Waals surface area contributed by atoms with E-state index in [9.17, 15) is 0 Å². The number of hydrogen-bond acceptors (Lipinski definition) is 5. The highest BCUT2D eigenvalue weighted by molar-refractivity contribution is 6.66. The van der Waals surface area contributed by atoms with Crippen LogP contribution in [0.25, 0.3) is 0 Å². The van der Waals surface area contributed by atoms with Gasteiger partial charge in [0.05, 0.1) is 0 Å². The first-order valence-electron chi connectivity index (χ1n) is 14.9. The van der Waals surface area contributed by atoms with Crippen molar-refractivity contribution in [3.05, 3.63) is 0 Å². The molecular weight excluding hydrogens is 472 g/mol. The highest BCUT2D eigenvalue weighted by Crippen LogP contribution is 2.20. The molecule has 0 spiro atoms. The summed E-state index contributed by atoms with van der Waals surface area (Å²) in [5.41, 5.74) is 0. The third kappa shape index (κ3) is 23.1. The maximum Gasteiger partial charge on any atom is 0.500 e. The zero-order chi connectivity index (χ0) is 26.7. The van der Waals surface area contributed by atoms with Crippen LogP contribution in [0.15, 0.2) is 0 Å². The van der Waals surface area contributed by atoms with Gasteiger partial charge in [0.15, 0.2) is 0 Å². The molecule has 0 unspecified atom stereocenters. The molecule has 0 aromatic carbocycles. The van der Waals surface area contributed by atoms with E-state index in [-0.39, 0.29) is 0 Å². The molecule has 5 nitrogen and oxygen atoms in total. The molecule has 0 amide bonds. The minimum atomic E-state index is -2.31. The van der Waals surface area contributed by atoms with E-state index in [0.29, 0.717) is 0 Å². The lowest BCUT2D eigenvalue weighted by Crippen LogP contribution is -2.42. The molecule has 0 aliphatic rings. The maximum absolute atomic E-state index is 5.81. The molecule has 0 radical (unpaired) electrons. The van der Waals surface area contributed by atoms with Crippen LogP contribution in [0.5, 0.6) is 0 Å². The Morgan fingerprint density at radius 3 is 1.06 bits per heavy atom. The maximum atomic E-state index is 5.81. The Bertz CT molecular complexity index is 395. The molecule has 0 aromatic rings. The van der Waals surface area contributed by atoms with Crippen molar-refractivity contribution in [1.29, 1.82) is 0 Å². The molecule has 0 rings (SSSR count). The molecule has 0 heterocycles. The molecule has 0 atom stereocenters. The van der Waals surface area contributed by atoms with Gasteiger partial charge in [-0.1, -0.05) is 110 Å². The van der Waals surface area contributed by atoms with Gasteiger partial charge in [-0.25, -0.2) is 0 Å². The Morgan fingerprint density at radius 2 is 0.743 bits per heavy atom. The first kappa shape index (κ1) is 37.4. The molecule has 214 valence electrons. The first-order chi connectivity index (χ1) is 16.9. The molecule has 0 saturated carbocycles. The van der Waals surface area contributed by atoms with Gasteiger partial charge in [0.25, 0.3) is 0 Å². The van der Waals surface area contributed by atoms with Gasteiger partial charge >= 0.3 is 17.4 Å². The summed E-state index contributed by atoms with van der Waals surface area (Å²) in [6.07, 6.45) is 21.6. The normalized spacial score (nSPS) is 12.0. The lowest BCUT2D eigenvalue weighted by Gasteiger charge is -2.25. The minimum absolute atomic E-state index is 0.790. The predicted octanol–water partition coefficient (Wildman–Crippen LogP) is 9.28. The lowest BCUT2D eigenvalue weighted by molar-refractivity contribution is 0.122. The topological polar surface area (TPSA) is 46.2 Å². The molecule has 35 heavy (non-hydrogen) atoms. The molecular formula is C28H64O5Si2. The van der Waals surface area contributed by atoms with E-state index in [1.807, 2.05) is 0 Å². The second-order valence-electron chi connectivity index (χ2n) is 9.74. The van der Waals surface area contributed by atoms with Crippen LogP contribution in [0.2, 0.25) is 18.6 Å². The summed E-state index contributed by atoms with van der Waals surface area (Å²) < 4.78 is 27.9. The summed E-state index contributed by atoms with van der Waals surface area (Å²) >= 11 is 0. The smallest absolute Gasteiger partial charge is 0.395 e. The Kier molecular flexibility index (Phi) is 29.1. The van der Waals surface area contributed by atoms with Crippen LogP contribution in [0.3, 0.4) is 0 Å². The average Bonchev–Trinajstić information content (AvgIpc) is 2.86. The quantitative estimate of drug-likeness (QED) is 0.0859. The van der Waals surface area contributed by atoms with Gasteiger partial charge in [0.2, 0.25) is 0 Å². The summed E-state index contributed by atoms with van der Waals surface area (Å²) in [4.78, 5) is 0. The second-order valence-corrected chi connectivity index (χ2v) is 16.2. The van der Waals surface area contributed by atoms with Crippen molar-refractivity contribution >= 4 is 17.4 Å². The van der Waals surface area contributed by atoms with Crippen LogP contribution in [0.1, 0.15) is 130 Å². The van der Waals surface area contributed by atoms with E-state index in [1.165, 1.54) is 96.3 Å². The van der Waals surface area contributed by atoms with Crippen molar-refractivity contribution in [1.82, 2.24) is 0 Å². The van der Waals surface area contributed by atoms with Crippen LogP contribution in [0.4, 0.5) is 0 Å². The van der Waals surface area contributed by atoms with E-state index in [4.69, 9.17) is 22.1 Å². The van der Waals surface area contributed by atoms with Crippen LogP contribution in [0, 0.1) is 0 Å². The van der Waals surface area contributed by atoms with E-state index < -0.39 is 17.4 Å². The van der Waals surface area contributed by atoms with Crippen molar-refractivity contribution in [2.24, 2.45) is 0 Å². The SMILES string of the molecule is CCCCCCCCCCCC[Si](OC)(OC)OC.CCCCCCCC[Si](C)(OCC)OCC. The Labute approximate surface area is 223 Å². The monoisotopic (exact) mass is 536 g/mol. The van der Waals surface area contributed by atoms with Crippen LogP contribution in [-0.2, 0) is 22.1 Å². The van der Waals surface area contributed by atoms with E-state index in [2.05, 4.69) is 34.2 Å². The van der Waals surface area contributed by atoms with Crippen LogP contribution in [-0.4, -0.2) is 51.9 Å². The summed E-state index contributed by atoms with van der Waals surface area (Å²) in [7, 11) is 0.944. The van der Waals surface area contributed by atoms with Crippen molar-refractivity contribution in [2.45, 2.75) is 149 Å². The fourth-order valence-electron chi connectivity index (χ4n) is 4.41. The molecule has 0 fully saturated rings. The Morgan fingerprint density at radius 1 is 0.429 bits per heavy atom. The standard InChI is InChI=1S/C15H34O3Si.C13H30O2Si/c1-5-6-7-8-9-10-11-12-13-14-15-19(16-2,17-3)18-4;1-5-8-9-10-11-12-13-16(4,14-6-2)15-7-3/h5-15H2,1-4H3;5-13H2,1-4H3. The third-order valence-electron chi connectivity index (χ3n) is 6.65. The highest BCUT2D eigenvalue weighted by Gasteiger charge is 2.36. The zero-order valence-corrected chi connectivity index (χ0v) is 27.2. The van der Waals surface area contributed by atoms with Crippen molar-refractivity contribution in [3.8, 4) is 0 Å². The first-order valence-corrected chi connectivity index (χ1v) is 19.3. The van der Waals surface area contributed by atoms with Crippen LogP contribution >= 0.6 is 0 Å². The lowest BCUT2D eigenvalue weighted by atomic mass is 10.1. The molecule has 0 saturated heterocycles. The third-order valence-corrected chi connectivity index (χ3v) is 12.5. The fraction of sp³-hybridized carbons (Fsp3) is 1.00. The molecule has 0 aliphatic heterocycles. The summed E-state index contributed by atoms with van der Waals surface area (Å²) in [5, 5.41) is 0. The molecule has 0 aromatic heterocycles. The Hall–Kier alpha value is 0.234. The average molecular weight is 537 g/mol. The number of hydrogen-bond donors (Lipinski definition) is 0. The van der Waals surface area contributed by atoms with E-state index >= 15 is 0 Å². The number of rotatable bonds is 25. The van der Waals surface area contributed by atoms with Gasteiger partial charge < -0.3 is 22.1 Å². The summed E-state index contributed by atoms with van der Waals surface area (Å²) in [6, 6.07) is 2.09. The van der Waals surface area contributed by atoms with Crippen molar-refractivity contribution in [3.63, 3.8) is 0 Å². The zero-order valence-electron chi connectivity index (χ0n) is 25.2. The number of unbranched alkanes of at least 4 members (excludes halogenated alkanes) is 14. The fourth-order valence-corrected chi connectivity index (χ4v) is 8.69. The van der Waals surface area contributed by atoms with Crippen molar-refractivity contribution < 1.29 is 22.1 Å². The van der Waals surface area contributed by atoms with Gasteiger partial charge in [-0.15, -0.1) is 0 Å². The molecule has 0 N–H and O–H groups in total. The van der Waals surface area contributed by atoms with Gasteiger partial charge in [-0.05, 0) is 32.9 Å². The van der Waals surface area contributed by atoms with Crippen LogP contribution < -0.4 is 0 Å². The largest absolute Gasteiger partial charge is 0.500 e. The minimum Gasteiger partial charge on any atom is -0.395 e. The summed E-state index contributed by atoms with van der Waals surface area (Å²) in [6.45, 7) is 12.4. The predicted molar refractivity (Wildman–Crippen MR) is 156 cm³/mol. The molecule has 0 aliphatic carbocycles. The van der Waals surface area contributed by atoms with Gasteiger partial charge in [-0.2, -0.15) is 0 Å². The Balaban J connectivity index is 0. The molecule has 0 bridgehead atoms. The van der Waals surface area contributed by atoms with E-state index in [1.54, 1.807) is 21.3 Å². The van der Waals surface area contributed by atoms with E-state index in [0.717, 1.165) is 31.7 Å².